The van der Waals surface area contributed by atoms with Crippen molar-refractivity contribution in [2.45, 2.75) is 4.90 Å². The molecule has 30 heavy (non-hydrogen) atoms. The molecule has 0 aliphatic heterocycles. The Kier molecular flexibility index (Phi) is 6.76. The molecule has 154 valence electrons. The molecule has 0 heterocycles. The van der Waals surface area contributed by atoms with E-state index in [0.717, 1.165) is 0 Å². The van der Waals surface area contributed by atoms with Crippen LogP contribution in [-0.2, 0) is 10.0 Å². The van der Waals surface area contributed by atoms with E-state index in [1.807, 2.05) is 0 Å². The summed E-state index contributed by atoms with van der Waals surface area (Å²) in [5, 5.41) is 2.73. The van der Waals surface area contributed by atoms with Gasteiger partial charge in [0.2, 0.25) is 0 Å². The minimum atomic E-state index is -3.97. The number of hydrogen-bond acceptors (Lipinski definition) is 4. The quantitative estimate of drug-likeness (QED) is 0.483. The molecule has 0 saturated heterocycles. The average molecular weight is 443 g/mol. The van der Waals surface area contributed by atoms with Gasteiger partial charge in [-0.2, -0.15) is 0 Å². The van der Waals surface area contributed by atoms with E-state index in [0.29, 0.717) is 23.7 Å². The fourth-order valence-electron chi connectivity index (χ4n) is 2.56. The predicted molar refractivity (Wildman–Crippen MR) is 119 cm³/mol. The number of carbonyl (C=O) groups excluding carboxylic acids is 1. The number of rotatable bonds is 8. The van der Waals surface area contributed by atoms with Crippen molar-refractivity contribution in [2.75, 3.05) is 16.6 Å². The first kappa shape index (κ1) is 21.4. The number of sulfonamides is 1. The summed E-state index contributed by atoms with van der Waals surface area (Å²) >= 11 is 6.10. The Morgan fingerprint density at radius 2 is 1.70 bits per heavy atom. The van der Waals surface area contributed by atoms with Gasteiger partial charge in [-0.3, -0.25) is 9.52 Å². The van der Waals surface area contributed by atoms with Gasteiger partial charge in [0.15, 0.2) is 0 Å². The van der Waals surface area contributed by atoms with Crippen molar-refractivity contribution < 1.29 is 17.9 Å². The van der Waals surface area contributed by atoms with E-state index in [1.165, 1.54) is 18.2 Å². The first-order chi connectivity index (χ1) is 14.4. The molecule has 0 aromatic heterocycles. The lowest BCUT2D eigenvalue weighted by Crippen LogP contribution is -2.16. The van der Waals surface area contributed by atoms with Crippen LogP contribution >= 0.6 is 11.6 Å². The van der Waals surface area contributed by atoms with Gasteiger partial charge in [-0.1, -0.05) is 42.5 Å². The first-order valence-electron chi connectivity index (χ1n) is 8.91. The van der Waals surface area contributed by atoms with Crippen molar-refractivity contribution >= 4 is 38.9 Å². The highest BCUT2D eigenvalue weighted by Gasteiger charge is 2.20. The molecule has 0 fully saturated rings. The maximum Gasteiger partial charge on any atom is 0.263 e. The number of anilines is 2. The smallest absolute Gasteiger partial charge is 0.263 e. The zero-order valence-electron chi connectivity index (χ0n) is 15.8. The van der Waals surface area contributed by atoms with Gasteiger partial charge in [0, 0.05) is 16.9 Å². The molecule has 0 unspecified atom stereocenters. The van der Waals surface area contributed by atoms with Crippen LogP contribution in [0.5, 0.6) is 5.75 Å². The summed E-state index contributed by atoms with van der Waals surface area (Å²) in [5.41, 5.74) is 1.08. The average Bonchev–Trinajstić information content (AvgIpc) is 2.73. The molecular formula is C22H19ClN2O4S. The van der Waals surface area contributed by atoms with Gasteiger partial charge in [0.05, 0.1) is 5.02 Å². The molecule has 2 N–H and O–H groups in total. The number of hydrogen-bond donors (Lipinski definition) is 2. The van der Waals surface area contributed by atoms with E-state index in [4.69, 9.17) is 16.3 Å². The van der Waals surface area contributed by atoms with Crippen molar-refractivity contribution in [1.29, 1.82) is 0 Å². The van der Waals surface area contributed by atoms with Crippen LogP contribution < -0.4 is 14.8 Å². The van der Waals surface area contributed by atoms with Crippen molar-refractivity contribution in [3.63, 3.8) is 0 Å². The number of para-hydroxylation sites is 1. The Labute approximate surface area is 180 Å². The summed E-state index contributed by atoms with van der Waals surface area (Å²) in [5.74, 6) is 0.169. The Morgan fingerprint density at radius 3 is 2.37 bits per heavy atom. The molecule has 3 aromatic rings. The minimum Gasteiger partial charge on any atom is -0.490 e. The van der Waals surface area contributed by atoms with Crippen molar-refractivity contribution in [2.24, 2.45) is 0 Å². The summed E-state index contributed by atoms with van der Waals surface area (Å²) in [6.07, 6.45) is 1.63. The van der Waals surface area contributed by atoms with Crippen LogP contribution in [0.25, 0.3) is 0 Å². The lowest BCUT2D eigenvalue weighted by molar-refractivity contribution is 0.102. The molecule has 0 spiro atoms. The van der Waals surface area contributed by atoms with E-state index in [-0.39, 0.29) is 15.5 Å². The molecule has 3 rings (SSSR count). The summed E-state index contributed by atoms with van der Waals surface area (Å²) in [6, 6.07) is 19.3. The van der Waals surface area contributed by atoms with E-state index in [9.17, 15) is 13.2 Å². The summed E-state index contributed by atoms with van der Waals surface area (Å²) in [4.78, 5) is 12.4. The highest BCUT2D eigenvalue weighted by atomic mass is 35.5. The zero-order chi connectivity index (χ0) is 21.6. The summed E-state index contributed by atoms with van der Waals surface area (Å²) in [7, 11) is -3.97. The van der Waals surface area contributed by atoms with Gasteiger partial charge < -0.3 is 10.1 Å². The highest BCUT2D eigenvalue weighted by molar-refractivity contribution is 7.92. The Bertz CT molecular complexity index is 1150. The van der Waals surface area contributed by atoms with Gasteiger partial charge >= 0.3 is 0 Å². The second kappa shape index (κ2) is 9.47. The number of halogens is 1. The number of ether oxygens (including phenoxy) is 1. The first-order valence-corrected chi connectivity index (χ1v) is 10.8. The molecule has 3 aromatic carbocycles. The van der Waals surface area contributed by atoms with Crippen LogP contribution in [0.4, 0.5) is 11.4 Å². The Hall–Kier alpha value is -3.29. The summed E-state index contributed by atoms with van der Waals surface area (Å²) in [6.45, 7) is 3.96. The molecule has 1 amide bonds. The highest BCUT2D eigenvalue weighted by Crippen LogP contribution is 2.26. The van der Waals surface area contributed by atoms with Crippen LogP contribution in [-0.4, -0.2) is 20.9 Å². The molecule has 0 bridgehead atoms. The maximum absolute atomic E-state index is 12.7. The zero-order valence-corrected chi connectivity index (χ0v) is 17.4. The van der Waals surface area contributed by atoms with Gasteiger partial charge in [-0.25, -0.2) is 8.42 Å². The van der Waals surface area contributed by atoms with Gasteiger partial charge in [0.1, 0.15) is 17.3 Å². The number of amides is 1. The second-order valence-corrected chi connectivity index (χ2v) is 8.25. The largest absolute Gasteiger partial charge is 0.490 e. The van der Waals surface area contributed by atoms with E-state index in [1.54, 1.807) is 60.7 Å². The second-order valence-electron chi connectivity index (χ2n) is 6.19. The third kappa shape index (κ3) is 5.40. The fourth-order valence-corrected chi connectivity index (χ4v) is 4.15. The molecule has 0 radical (unpaired) electrons. The third-order valence-electron chi connectivity index (χ3n) is 3.99. The number of carbonyl (C=O) groups is 1. The van der Waals surface area contributed by atoms with E-state index in [2.05, 4.69) is 16.6 Å². The van der Waals surface area contributed by atoms with Crippen molar-refractivity contribution in [1.82, 2.24) is 0 Å². The van der Waals surface area contributed by atoms with Crippen LogP contribution in [0.3, 0.4) is 0 Å². The van der Waals surface area contributed by atoms with Crippen molar-refractivity contribution in [3.8, 4) is 5.75 Å². The Morgan fingerprint density at radius 1 is 1.00 bits per heavy atom. The standard InChI is InChI=1S/C22H19ClN2O4S/c1-2-14-29-19-11-9-17(10-12-19)24-22(26)16-8-13-20(23)21(15-16)30(27,28)25-18-6-4-3-5-7-18/h2-13,15,25H,1,14H2,(H,24,26). The van der Waals surface area contributed by atoms with Crippen LogP contribution in [0.2, 0.25) is 5.02 Å². The molecular weight excluding hydrogens is 424 g/mol. The summed E-state index contributed by atoms with van der Waals surface area (Å²) < 4.78 is 33.3. The SMILES string of the molecule is C=CCOc1ccc(NC(=O)c2ccc(Cl)c(S(=O)(=O)Nc3ccccc3)c2)cc1. The normalized spacial score (nSPS) is 10.8. The molecule has 8 heteroatoms. The van der Waals surface area contributed by atoms with E-state index >= 15 is 0 Å². The lowest BCUT2D eigenvalue weighted by atomic mass is 10.2. The Balaban J connectivity index is 1.78. The molecule has 6 nitrogen and oxygen atoms in total. The van der Waals surface area contributed by atoms with Crippen LogP contribution in [0, 0.1) is 0 Å². The van der Waals surface area contributed by atoms with Crippen LogP contribution in [0.15, 0.2) is 90.3 Å². The fraction of sp³-hybridized carbons (Fsp3) is 0.0455. The molecule has 0 aliphatic rings. The number of nitrogens with one attached hydrogen (secondary N) is 2. The van der Waals surface area contributed by atoms with Crippen molar-refractivity contribution in [3.05, 3.63) is 96.0 Å². The third-order valence-corrected chi connectivity index (χ3v) is 5.85. The topological polar surface area (TPSA) is 84.5 Å². The van der Waals surface area contributed by atoms with Crippen LogP contribution in [0.1, 0.15) is 10.4 Å². The van der Waals surface area contributed by atoms with Gasteiger partial charge in [0.25, 0.3) is 15.9 Å². The van der Waals surface area contributed by atoms with Gasteiger partial charge in [-0.15, -0.1) is 0 Å². The molecule has 0 saturated carbocycles. The minimum absolute atomic E-state index is 0.0127. The van der Waals surface area contributed by atoms with Gasteiger partial charge in [-0.05, 0) is 54.6 Å². The predicted octanol–water partition coefficient (Wildman–Crippen LogP) is 4.96. The maximum atomic E-state index is 12.7. The molecule has 0 aliphatic carbocycles. The van der Waals surface area contributed by atoms with E-state index < -0.39 is 15.9 Å². The number of benzene rings is 3. The molecule has 0 atom stereocenters. The monoisotopic (exact) mass is 442 g/mol. The lowest BCUT2D eigenvalue weighted by Gasteiger charge is -2.12.